The Kier molecular flexibility index (Phi) is 7.35. The van der Waals surface area contributed by atoms with Gasteiger partial charge in [0.1, 0.15) is 18.1 Å². The van der Waals surface area contributed by atoms with Crippen molar-refractivity contribution in [1.29, 1.82) is 0 Å². The first-order valence-corrected chi connectivity index (χ1v) is 8.28. The van der Waals surface area contributed by atoms with Crippen LogP contribution in [0.15, 0.2) is 61.2 Å². The Morgan fingerprint density at radius 2 is 1.77 bits per heavy atom. The van der Waals surface area contributed by atoms with Crippen LogP contribution < -0.4 is 14.8 Å². The molecule has 0 aromatic heterocycles. The Balaban J connectivity index is 1.87. The lowest BCUT2D eigenvalue weighted by molar-refractivity contribution is -0.0498. The van der Waals surface area contributed by atoms with E-state index < -0.39 is 6.61 Å². The van der Waals surface area contributed by atoms with Gasteiger partial charge in [0.2, 0.25) is 0 Å². The van der Waals surface area contributed by atoms with Crippen molar-refractivity contribution < 1.29 is 18.3 Å². The van der Waals surface area contributed by atoms with E-state index in [-0.39, 0.29) is 5.75 Å². The minimum atomic E-state index is -2.84. The van der Waals surface area contributed by atoms with Crippen molar-refractivity contribution in [3.05, 3.63) is 66.7 Å². The summed E-state index contributed by atoms with van der Waals surface area (Å²) >= 11 is 5.37. The van der Waals surface area contributed by atoms with Crippen LogP contribution in [-0.2, 0) is 6.54 Å². The summed E-state index contributed by atoms with van der Waals surface area (Å²) in [7, 11) is 1.87. The second-order valence-corrected chi connectivity index (χ2v) is 5.82. The second kappa shape index (κ2) is 9.72. The van der Waals surface area contributed by atoms with Crippen molar-refractivity contribution in [3.8, 4) is 11.5 Å². The van der Waals surface area contributed by atoms with Crippen LogP contribution >= 0.6 is 12.2 Å². The largest absolute Gasteiger partial charge is 0.490 e. The maximum Gasteiger partial charge on any atom is 0.387 e. The molecule has 7 heteroatoms. The lowest BCUT2D eigenvalue weighted by atomic mass is 10.2. The molecule has 138 valence electrons. The van der Waals surface area contributed by atoms with Crippen molar-refractivity contribution >= 4 is 23.0 Å². The van der Waals surface area contributed by atoms with Crippen molar-refractivity contribution in [2.24, 2.45) is 0 Å². The average Bonchev–Trinajstić information content (AvgIpc) is 2.62. The topological polar surface area (TPSA) is 33.7 Å². The summed E-state index contributed by atoms with van der Waals surface area (Å²) in [6, 6.07) is 13.9. The molecule has 0 heterocycles. The molecule has 0 unspecified atom stereocenters. The van der Waals surface area contributed by atoms with Gasteiger partial charge in [-0.1, -0.05) is 24.8 Å². The van der Waals surface area contributed by atoms with E-state index in [2.05, 4.69) is 16.6 Å². The number of hydrogen-bond donors (Lipinski definition) is 1. The summed E-state index contributed by atoms with van der Waals surface area (Å²) < 4.78 is 34.1. The fourth-order valence-corrected chi connectivity index (χ4v) is 2.31. The lowest BCUT2D eigenvalue weighted by Crippen LogP contribution is -2.30. The molecule has 1 N–H and O–H groups in total. The number of nitrogens with one attached hydrogen (secondary N) is 1. The number of thiocarbonyl (C=S) groups is 1. The first kappa shape index (κ1) is 19.7. The highest BCUT2D eigenvalue weighted by molar-refractivity contribution is 7.80. The van der Waals surface area contributed by atoms with Gasteiger partial charge in [-0.3, -0.25) is 0 Å². The molecule has 2 aromatic carbocycles. The molecule has 4 nitrogen and oxygen atoms in total. The molecule has 0 radical (unpaired) electrons. The standard InChI is InChI=1S/C19H20F2N2O2S/c1-3-12-24-16-8-4-14(5-9-16)13-23(2)19(26)22-15-6-10-17(11-7-15)25-18(20)21/h3-11,18H,1,12-13H2,2H3,(H,22,26). The molecular formula is C19H20F2N2O2S. The highest BCUT2D eigenvalue weighted by Crippen LogP contribution is 2.18. The summed E-state index contributed by atoms with van der Waals surface area (Å²) in [4.78, 5) is 1.87. The number of rotatable bonds is 8. The van der Waals surface area contributed by atoms with Gasteiger partial charge in [0, 0.05) is 19.3 Å². The van der Waals surface area contributed by atoms with E-state index in [0.717, 1.165) is 11.3 Å². The minimum absolute atomic E-state index is 0.101. The number of benzene rings is 2. The van der Waals surface area contributed by atoms with Crippen LogP contribution in [0, 0.1) is 0 Å². The van der Waals surface area contributed by atoms with Gasteiger partial charge < -0.3 is 19.7 Å². The molecule has 2 rings (SSSR count). The first-order chi connectivity index (χ1) is 12.5. The van der Waals surface area contributed by atoms with Gasteiger partial charge in [0.05, 0.1) is 0 Å². The second-order valence-electron chi connectivity index (χ2n) is 5.43. The third kappa shape index (κ3) is 6.33. The Morgan fingerprint density at radius 1 is 1.15 bits per heavy atom. The molecule has 2 aromatic rings. The van der Waals surface area contributed by atoms with Gasteiger partial charge >= 0.3 is 6.61 Å². The van der Waals surface area contributed by atoms with Gasteiger partial charge in [-0.15, -0.1) is 0 Å². The van der Waals surface area contributed by atoms with Gasteiger partial charge in [-0.25, -0.2) is 0 Å². The molecule has 26 heavy (non-hydrogen) atoms. The molecule has 0 fully saturated rings. The van der Waals surface area contributed by atoms with Crippen LogP contribution in [0.4, 0.5) is 14.5 Å². The quantitative estimate of drug-likeness (QED) is 0.533. The minimum Gasteiger partial charge on any atom is -0.490 e. The van der Waals surface area contributed by atoms with E-state index in [4.69, 9.17) is 17.0 Å². The Morgan fingerprint density at radius 3 is 2.35 bits per heavy atom. The van der Waals surface area contributed by atoms with E-state index in [1.54, 1.807) is 18.2 Å². The number of nitrogens with zero attached hydrogens (tertiary/aromatic N) is 1. The molecular weight excluding hydrogens is 358 g/mol. The third-order valence-electron chi connectivity index (χ3n) is 3.39. The Hall–Kier alpha value is -2.67. The summed E-state index contributed by atoms with van der Waals surface area (Å²) in [6.07, 6.45) is 1.69. The van der Waals surface area contributed by atoms with E-state index in [0.29, 0.717) is 24.0 Å². The predicted molar refractivity (Wildman–Crippen MR) is 103 cm³/mol. The normalized spacial score (nSPS) is 10.3. The summed E-state index contributed by atoms with van der Waals surface area (Å²) in [5, 5.41) is 3.57. The van der Waals surface area contributed by atoms with Crippen molar-refractivity contribution in [3.63, 3.8) is 0 Å². The van der Waals surface area contributed by atoms with Crippen molar-refractivity contribution in [2.45, 2.75) is 13.2 Å². The Labute approximate surface area is 157 Å². The number of hydrogen-bond acceptors (Lipinski definition) is 3. The molecule has 0 aliphatic rings. The van der Waals surface area contributed by atoms with E-state index in [1.165, 1.54) is 12.1 Å². The average molecular weight is 378 g/mol. The van der Waals surface area contributed by atoms with Gasteiger partial charge in [0.15, 0.2) is 5.11 Å². The van der Waals surface area contributed by atoms with Gasteiger partial charge in [-0.05, 0) is 54.2 Å². The monoisotopic (exact) mass is 378 g/mol. The molecule has 0 aliphatic heterocycles. The fraction of sp³-hybridized carbons (Fsp3) is 0.211. The molecule has 0 amide bonds. The highest BCUT2D eigenvalue weighted by Gasteiger charge is 2.07. The third-order valence-corrected chi connectivity index (χ3v) is 3.80. The molecule has 0 saturated carbocycles. The van der Waals surface area contributed by atoms with Gasteiger partial charge in [0.25, 0.3) is 0 Å². The van der Waals surface area contributed by atoms with Gasteiger partial charge in [-0.2, -0.15) is 8.78 Å². The van der Waals surface area contributed by atoms with Crippen molar-refractivity contribution in [2.75, 3.05) is 19.0 Å². The van der Waals surface area contributed by atoms with Crippen LogP contribution in [0.25, 0.3) is 0 Å². The maximum atomic E-state index is 12.2. The molecule has 0 bridgehead atoms. The zero-order valence-electron chi connectivity index (χ0n) is 14.3. The van der Waals surface area contributed by atoms with E-state index in [1.807, 2.05) is 36.2 Å². The zero-order valence-corrected chi connectivity index (χ0v) is 15.1. The summed E-state index contributed by atoms with van der Waals surface area (Å²) in [6.45, 7) is 1.85. The van der Waals surface area contributed by atoms with E-state index >= 15 is 0 Å². The predicted octanol–water partition coefficient (Wildman–Crippen LogP) is 4.68. The molecule has 0 spiro atoms. The number of anilines is 1. The first-order valence-electron chi connectivity index (χ1n) is 7.87. The number of halogens is 2. The summed E-state index contributed by atoms with van der Waals surface area (Å²) in [5.74, 6) is 0.881. The number of ether oxygens (including phenoxy) is 2. The molecule has 0 saturated heterocycles. The molecule has 0 aliphatic carbocycles. The van der Waals surface area contributed by atoms with Crippen LogP contribution in [0.2, 0.25) is 0 Å². The SMILES string of the molecule is C=CCOc1ccc(CN(C)C(=S)Nc2ccc(OC(F)F)cc2)cc1. The highest BCUT2D eigenvalue weighted by atomic mass is 32.1. The summed E-state index contributed by atoms with van der Waals surface area (Å²) in [5.41, 5.74) is 1.76. The zero-order chi connectivity index (χ0) is 18.9. The van der Waals surface area contributed by atoms with Crippen LogP contribution in [0.1, 0.15) is 5.56 Å². The van der Waals surface area contributed by atoms with Crippen LogP contribution in [-0.4, -0.2) is 30.3 Å². The van der Waals surface area contributed by atoms with Crippen LogP contribution in [0.3, 0.4) is 0 Å². The lowest BCUT2D eigenvalue weighted by Gasteiger charge is -2.21. The Bertz CT molecular complexity index is 721. The fourth-order valence-electron chi connectivity index (χ4n) is 2.13. The molecule has 0 atom stereocenters. The maximum absolute atomic E-state index is 12.2. The van der Waals surface area contributed by atoms with Crippen molar-refractivity contribution in [1.82, 2.24) is 4.90 Å². The number of alkyl halides is 2. The van der Waals surface area contributed by atoms with E-state index in [9.17, 15) is 8.78 Å². The smallest absolute Gasteiger partial charge is 0.387 e. The van der Waals surface area contributed by atoms with Crippen LogP contribution in [0.5, 0.6) is 11.5 Å².